The minimum atomic E-state index is -0.208. The third-order valence-electron chi connectivity index (χ3n) is 3.52. The highest BCUT2D eigenvalue weighted by molar-refractivity contribution is 9.10. The van der Waals surface area contributed by atoms with Gasteiger partial charge in [0.25, 0.3) is 0 Å². The Hall–Kier alpha value is -1.39. The van der Waals surface area contributed by atoms with Crippen molar-refractivity contribution in [1.29, 1.82) is 0 Å². The Kier molecular flexibility index (Phi) is 5.01. The van der Waals surface area contributed by atoms with Gasteiger partial charge in [0.05, 0.1) is 0 Å². The molecule has 0 saturated heterocycles. The van der Waals surface area contributed by atoms with Crippen molar-refractivity contribution in [3.05, 3.63) is 63.4 Å². The molecule has 1 atom stereocenters. The third-order valence-corrected chi connectivity index (χ3v) is 4.01. The highest BCUT2D eigenvalue weighted by Gasteiger charge is 2.14. The number of hydrogen-bond acceptors (Lipinski definition) is 2. The van der Waals surface area contributed by atoms with Crippen molar-refractivity contribution in [3.63, 3.8) is 0 Å². The first-order valence-corrected chi connectivity index (χ1v) is 7.69. The second-order valence-electron chi connectivity index (χ2n) is 5.43. The molecule has 2 aromatic rings. The molecule has 21 heavy (non-hydrogen) atoms. The van der Waals surface area contributed by atoms with Crippen LogP contribution in [0.25, 0.3) is 0 Å². The molecule has 0 saturated carbocycles. The molecule has 0 bridgehead atoms. The van der Waals surface area contributed by atoms with Crippen LogP contribution in [0.2, 0.25) is 0 Å². The lowest BCUT2D eigenvalue weighted by atomic mass is 10.0. The maximum absolute atomic E-state index is 13.8. The van der Waals surface area contributed by atoms with Gasteiger partial charge in [-0.05, 0) is 54.8 Å². The Bertz CT molecular complexity index is 641. The second-order valence-corrected chi connectivity index (χ2v) is 6.35. The second kappa shape index (κ2) is 6.58. The van der Waals surface area contributed by atoms with E-state index in [-0.39, 0.29) is 11.9 Å². The molecule has 0 spiro atoms. The zero-order valence-corrected chi connectivity index (χ0v) is 14.1. The topological polar surface area (TPSA) is 29.3 Å². The number of nitrogens with two attached hydrogens (primary N) is 1. The number of hydrogen-bond donors (Lipinski definition) is 1. The lowest BCUT2D eigenvalue weighted by Gasteiger charge is -2.25. The van der Waals surface area contributed by atoms with Crippen molar-refractivity contribution in [2.24, 2.45) is 5.73 Å². The Morgan fingerprint density at radius 2 is 2.00 bits per heavy atom. The van der Waals surface area contributed by atoms with Gasteiger partial charge in [-0.25, -0.2) is 4.39 Å². The van der Waals surface area contributed by atoms with E-state index in [0.29, 0.717) is 5.56 Å². The van der Waals surface area contributed by atoms with Crippen LogP contribution in [0.3, 0.4) is 0 Å². The van der Waals surface area contributed by atoms with E-state index in [2.05, 4.69) is 33.0 Å². The van der Waals surface area contributed by atoms with Gasteiger partial charge in [0.2, 0.25) is 0 Å². The molecule has 0 amide bonds. The van der Waals surface area contributed by atoms with Crippen LogP contribution in [0.15, 0.2) is 40.9 Å². The molecule has 0 unspecified atom stereocenters. The smallest absolute Gasteiger partial charge is 0.126 e. The summed E-state index contributed by atoms with van der Waals surface area (Å²) in [6, 6.07) is 11.4. The van der Waals surface area contributed by atoms with Crippen molar-refractivity contribution >= 4 is 21.6 Å². The molecule has 2 N–H and O–H groups in total. The predicted octanol–water partition coefficient (Wildman–Crippen LogP) is 4.55. The largest absolute Gasteiger partial charge is 0.370 e. The molecule has 2 aromatic carbocycles. The normalized spacial score (nSPS) is 12.3. The summed E-state index contributed by atoms with van der Waals surface area (Å²) in [6.07, 6.45) is 0. The van der Waals surface area contributed by atoms with Crippen LogP contribution in [-0.2, 0) is 6.54 Å². The van der Waals surface area contributed by atoms with Crippen LogP contribution in [-0.4, -0.2) is 7.05 Å². The molecule has 0 heterocycles. The number of benzene rings is 2. The zero-order valence-electron chi connectivity index (χ0n) is 12.5. The van der Waals surface area contributed by atoms with Crippen molar-refractivity contribution in [2.45, 2.75) is 26.4 Å². The van der Waals surface area contributed by atoms with Gasteiger partial charge < -0.3 is 10.6 Å². The fourth-order valence-corrected chi connectivity index (χ4v) is 2.82. The minimum absolute atomic E-state index is 0.207. The average Bonchev–Trinajstić information content (AvgIpc) is 2.41. The highest BCUT2D eigenvalue weighted by atomic mass is 79.9. The molecule has 0 aliphatic heterocycles. The number of halogens is 2. The highest BCUT2D eigenvalue weighted by Crippen LogP contribution is 2.29. The Morgan fingerprint density at radius 1 is 1.29 bits per heavy atom. The number of aryl methyl sites for hydroxylation is 1. The van der Waals surface area contributed by atoms with E-state index in [4.69, 9.17) is 5.73 Å². The summed E-state index contributed by atoms with van der Waals surface area (Å²) in [5.74, 6) is -0.207. The molecule has 0 aliphatic rings. The van der Waals surface area contributed by atoms with Crippen LogP contribution in [0.1, 0.15) is 29.7 Å². The molecular weight excluding hydrogens is 331 g/mol. The molecule has 0 radical (unpaired) electrons. The Morgan fingerprint density at radius 3 is 2.62 bits per heavy atom. The summed E-state index contributed by atoms with van der Waals surface area (Å²) in [5.41, 5.74) is 9.61. The molecule has 0 aliphatic carbocycles. The summed E-state index contributed by atoms with van der Waals surface area (Å²) >= 11 is 3.48. The SMILES string of the molecule is Cc1cc(N(C)Cc2cccc(Br)c2)c([C@@H](C)N)cc1F. The van der Waals surface area contributed by atoms with Gasteiger partial charge in [0.1, 0.15) is 5.82 Å². The Labute approximate surface area is 133 Å². The van der Waals surface area contributed by atoms with E-state index in [0.717, 1.165) is 22.3 Å². The summed E-state index contributed by atoms with van der Waals surface area (Å²) in [4.78, 5) is 2.10. The van der Waals surface area contributed by atoms with E-state index in [1.807, 2.05) is 32.2 Å². The van der Waals surface area contributed by atoms with E-state index in [1.165, 1.54) is 5.56 Å². The maximum atomic E-state index is 13.8. The first-order chi connectivity index (χ1) is 9.88. The maximum Gasteiger partial charge on any atom is 0.126 e. The van der Waals surface area contributed by atoms with Gasteiger partial charge >= 0.3 is 0 Å². The van der Waals surface area contributed by atoms with E-state index in [9.17, 15) is 4.39 Å². The molecule has 2 rings (SSSR count). The summed E-state index contributed by atoms with van der Waals surface area (Å²) in [7, 11) is 2.00. The lowest BCUT2D eigenvalue weighted by Crippen LogP contribution is -2.20. The summed E-state index contributed by atoms with van der Waals surface area (Å²) < 4.78 is 14.8. The quantitative estimate of drug-likeness (QED) is 0.876. The third kappa shape index (κ3) is 3.83. The van der Waals surface area contributed by atoms with Crippen molar-refractivity contribution in [2.75, 3.05) is 11.9 Å². The van der Waals surface area contributed by atoms with Gasteiger partial charge in [-0.3, -0.25) is 0 Å². The van der Waals surface area contributed by atoms with Crippen molar-refractivity contribution in [1.82, 2.24) is 0 Å². The van der Waals surface area contributed by atoms with E-state index < -0.39 is 0 Å². The predicted molar refractivity (Wildman–Crippen MR) is 90.0 cm³/mol. The number of nitrogens with zero attached hydrogens (tertiary/aromatic N) is 1. The monoisotopic (exact) mass is 350 g/mol. The summed E-state index contributed by atoms with van der Waals surface area (Å²) in [6.45, 7) is 4.39. The van der Waals surface area contributed by atoms with Crippen LogP contribution in [0, 0.1) is 12.7 Å². The van der Waals surface area contributed by atoms with Crippen molar-refractivity contribution in [3.8, 4) is 0 Å². The first-order valence-electron chi connectivity index (χ1n) is 6.89. The first kappa shape index (κ1) is 16.0. The molecule has 112 valence electrons. The molecule has 0 fully saturated rings. The van der Waals surface area contributed by atoms with Crippen LogP contribution < -0.4 is 10.6 Å². The molecule has 0 aromatic heterocycles. The molecular formula is C17H20BrFN2. The van der Waals surface area contributed by atoms with E-state index in [1.54, 1.807) is 13.0 Å². The standard InChI is InChI=1S/C17H20BrFN2/c1-11-7-17(15(12(2)20)9-16(11)19)21(3)10-13-5-4-6-14(18)8-13/h4-9,12H,10,20H2,1-3H3/t12-/m1/s1. The molecule has 4 heteroatoms. The Balaban J connectivity index is 2.34. The van der Waals surface area contributed by atoms with Crippen LogP contribution in [0.5, 0.6) is 0 Å². The van der Waals surface area contributed by atoms with Crippen molar-refractivity contribution < 1.29 is 4.39 Å². The number of rotatable bonds is 4. The van der Waals surface area contributed by atoms with E-state index >= 15 is 0 Å². The van der Waals surface area contributed by atoms with Gasteiger partial charge in [-0.1, -0.05) is 28.1 Å². The average molecular weight is 351 g/mol. The lowest BCUT2D eigenvalue weighted by molar-refractivity contribution is 0.612. The zero-order chi connectivity index (χ0) is 15.6. The molecule has 2 nitrogen and oxygen atoms in total. The fraction of sp³-hybridized carbons (Fsp3) is 0.294. The van der Waals surface area contributed by atoms with Gasteiger partial charge in [0, 0.05) is 29.8 Å². The van der Waals surface area contributed by atoms with Gasteiger partial charge in [0.15, 0.2) is 0 Å². The summed E-state index contributed by atoms with van der Waals surface area (Å²) in [5, 5.41) is 0. The van der Waals surface area contributed by atoms with Crippen LogP contribution in [0.4, 0.5) is 10.1 Å². The number of anilines is 1. The fourth-order valence-electron chi connectivity index (χ4n) is 2.37. The van der Waals surface area contributed by atoms with Gasteiger partial charge in [-0.15, -0.1) is 0 Å². The van der Waals surface area contributed by atoms with Gasteiger partial charge in [-0.2, -0.15) is 0 Å². The minimum Gasteiger partial charge on any atom is -0.370 e. The van der Waals surface area contributed by atoms with Crippen LogP contribution >= 0.6 is 15.9 Å².